The molecule has 1 saturated heterocycles. The first-order valence-corrected chi connectivity index (χ1v) is 13.5. The Hall–Kier alpha value is -3.88. The van der Waals surface area contributed by atoms with E-state index in [1.54, 1.807) is 11.8 Å². The molecule has 1 fully saturated rings. The van der Waals surface area contributed by atoms with E-state index in [0.29, 0.717) is 38.5 Å². The number of rotatable bonds is 4. The summed E-state index contributed by atoms with van der Waals surface area (Å²) in [5.74, 6) is 0.699. The summed E-state index contributed by atoms with van der Waals surface area (Å²) < 4.78 is 9.40. The number of hydrogen-bond donors (Lipinski definition) is 0. The lowest BCUT2D eigenvalue weighted by atomic mass is 10.0. The van der Waals surface area contributed by atoms with E-state index in [0.717, 1.165) is 39.2 Å². The van der Waals surface area contributed by atoms with Crippen molar-refractivity contribution in [3.8, 4) is 16.9 Å². The third-order valence-electron chi connectivity index (χ3n) is 6.97. The van der Waals surface area contributed by atoms with E-state index >= 15 is 0 Å². The van der Waals surface area contributed by atoms with Crippen LogP contribution in [0.15, 0.2) is 83.9 Å². The number of amides is 1. The van der Waals surface area contributed by atoms with E-state index in [2.05, 4.69) is 42.6 Å². The van der Waals surface area contributed by atoms with E-state index in [1.807, 2.05) is 50.7 Å². The molecule has 0 aliphatic carbocycles. The minimum atomic E-state index is -0.0185. The predicted molar refractivity (Wildman–Crippen MR) is 144 cm³/mol. The smallest absolute Gasteiger partial charge is 0.274 e. The number of morpholine rings is 1. The molecule has 37 heavy (non-hydrogen) atoms. The number of fused-ring (bicyclic) bond motifs is 4. The standard InChI is InChI=1S/C29H25N5O2S/c35-29(32-12-14-36-15-13-32)27-24-19-37-26-9-5-4-8-23(26)28(24)34(31-27)22-10-11-25-21(16-22)18-33(30-25)17-20-6-2-1-3-7-20/h1-11,16,18H,12-15,17,19H2. The number of aromatic nitrogens is 4. The topological polar surface area (TPSA) is 65.2 Å². The molecule has 3 aromatic carbocycles. The van der Waals surface area contributed by atoms with E-state index in [-0.39, 0.29) is 5.91 Å². The van der Waals surface area contributed by atoms with Crippen LogP contribution in [-0.4, -0.2) is 56.7 Å². The molecule has 2 aliphatic rings. The van der Waals surface area contributed by atoms with Crippen LogP contribution in [0.25, 0.3) is 27.8 Å². The van der Waals surface area contributed by atoms with Crippen LogP contribution in [0.2, 0.25) is 0 Å². The maximum absolute atomic E-state index is 13.6. The lowest BCUT2D eigenvalue weighted by molar-refractivity contribution is 0.0298. The van der Waals surface area contributed by atoms with Gasteiger partial charge in [0, 0.05) is 46.4 Å². The van der Waals surface area contributed by atoms with Crippen LogP contribution in [0.5, 0.6) is 0 Å². The zero-order valence-corrected chi connectivity index (χ0v) is 21.0. The number of ether oxygens (including phenoxy) is 1. The van der Waals surface area contributed by atoms with Gasteiger partial charge in [0.1, 0.15) is 0 Å². The van der Waals surface area contributed by atoms with Gasteiger partial charge in [0.2, 0.25) is 0 Å². The van der Waals surface area contributed by atoms with Gasteiger partial charge < -0.3 is 9.64 Å². The Kier molecular flexibility index (Phi) is 5.56. The molecule has 5 aromatic rings. The zero-order chi connectivity index (χ0) is 24.8. The molecule has 0 spiro atoms. The summed E-state index contributed by atoms with van der Waals surface area (Å²) in [6.07, 6.45) is 2.07. The van der Waals surface area contributed by atoms with Crippen LogP contribution < -0.4 is 0 Å². The summed E-state index contributed by atoms with van der Waals surface area (Å²) in [4.78, 5) is 16.7. The summed E-state index contributed by atoms with van der Waals surface area (Å²) in [5, 5.41) is 10.8. The first-order chi connectivity index (χ1) is 18.2. The molecule has 7 rings (SSSR count). The average molecular weight is 508 g/mol. The maximum Gasteiger partial charge on any atom is 0.274 e. The molecule has 4 heterocycles. The molecule has 0 unspecified atom stereocenters. The molecule has 0 bridgehead atoms. The Balaban J connectivity index is 1.33. The molecule has 1 amide bonds. The fourth-order valence-corrected chi connectivity index (χ4v) is 6.19. The van der Waals surface area contributed by atoms with Gasteiger partial charge in [-0.1, -0.05) is 48.5 Å². The summed E-state index contributed by atoms with van der Waals surface area (Å²) in [7, 11) is 0. The number of hydrogen-bond acceptors (Lipinski definition) is 5. The second-order valence-corrected chi connectivity index (χ2v) is 10.3. The molecule has 0 atom stereocenters. The predicted octanol–water partition coefficient (Wildman–Crippen LogP) is 5.02. The van der Waals surface area contributed by atoms with E-state index in [1.165, 1.54) is 10.5 Å². The van der Waals surface area contributed by atoms with Crippen molar-refractivity contribution in [1.29, 1.82) is 0 Å². The summed E-state index contributed by atoms with van der Waals surface area (Å²) in [6, 6.07) is 24.9. The average Bonchev–Trinajstić information content (AvgIpc) is 3.54. The van der Waals surface area contributed by atoms with Crippen molar-refractivity contribution in [2.24, 2.45) is 0 Å². The molecule has 8 heteroatoms. The molecule has 184 valence electrons. The van der Waals surface area contributed by atoms with Crippen molar-refractivity contribution in [3.63, 3.8) is 0 Å². The van der Waals surface area contributed by atoms with E-state index in [9.17, 15) is 4.79 Å². The van der Waals surface area contributed by atoms with Gasteiger partial charge in [0.15, 0.2) is 5.69 Å². The van der Waals surface area contributed by atoms with Crippen molar-refractivity contribution >= 4 is 28.6 Å². The van der Waals surface area contributed by atoms with Gasteiger partial charge in [-0.05, 0) is 29.8 Å². The van der Waals surface area contributed by atoms with E-state index in [4.69, 9.17) is 14.9 Å². The Labute approximate surface area is 218 Å². The second kappa shape index (κ2) is 9.21. The Morgan fingerprint density at radius 1 is 0.946 bits per heavy atom. The van der Waals surface area contributed by atoms with Crippen molar-refractivity contribution in [2.45, 2.75) is 17.2 Å². The van der Waals surface area contributed by atoms with Crippen molar-refractivity contribution in [1.82, 2.24) is 24.5 Å². The quantitative estimate of drug-likeness (QED) is 0.342. The molecular formula is C29H25N5O2S. The molecule has 0 saturated carbocycles. The Bertz CT molecular complexity index is 1620. The van der Waals surface area contributed by atoms with Crippen LogP contribution in [0, 0.1) is 0 Å². The number of carbonyl (C=O) groups excluding carboxylic acids is 1. The van der Waals surface area contributed by atoms with Crippen LogP contribution in [0.4, 0.5) is 0 Å². The SMILES string of the molecule is O=C(c1nn(-c2ccc3nn(Cc4ccccc4)cc3c2)c2c1CSc1ccccc1-2)N1CCOCC1. The summed E-state index contributed by atoms with van der Waals surface area (Å²) >= 11 is 1.76. The van der Waals surface area contributed by atoms with E-state index < -0.39 is 0 Å². The lowest BCUT2D eigenvalue weighted by Crippen LogP contribution is -2.41. The fraction of sp³-hybridized carbons (Fsp3) is 0.207. The minimum absolute atomic E-state index is 0.0185. The molecular weight excluding hydrogens is 482 g/mol. The first-order valence-electron chi connectivity index (χ1n) is 12.5. The maximum atomic E-state index is 13.6. The number of nitrogens with zero attached hydrogens (tertiary/aromatic N) is 5. The highest BCUT2D eigenvalue weighted by atomic mass is 32.2. The Morgan fingerprint density at radius 2 is 1.76 bits per heavy atom. The number of carbonyl (C=O) groups is 1. The highest BCUT2D eigenvalue weighted by Crippen LogP contribution is 2.44. The molecule has 2 aromatic heterocycles. The summed E-state index contributed by atoms with van der Waals surface area (Å²) in [5.41, 5.74) is 6.71. The van der Waals surface area contributed by atoms with Crippen LogP contribution in [-0.2, 0) is 17.0 Å². The minimum Gasteiger partial charge on any atom is -0.378 e. The second-order valence-electron chi connectivity index (χ2n) is 9.33. The molecule has 2 aliphatic heterocycles. The highest BCUT2D eigenvalue weighted by Gasteiger charge is 2.32. The van der Waals surface area contributed by atoms with Crippen LogP contribution in [0.1, 0.15) is 21.6 Å². The molecule has 7 nitrogen and oxygen atoms in total. The van der Waals surface area contributed by atoms with Gasteiger partial charge in [-0.25, -0.2) is 4.68 Å². The van der Waals surface area contributed by atoms with Crippen molar-refractivity contribution < 1.29 is 9.53 Å². The van der Waals surface area contributed by atoms with Crippen LogP contribution >= 0.6 is 11.8 Å². The van der Waals surface area contributed by atoms with Crippen molar-refractivity contribution in [2.75, 3.05) is 26.3 Å². The molecule has 0 radical (unpaired) electrons. The highest BCUT2D eigenvalue weighted by molar-refractivity contribution is 7.98. The first kappa shape index (κ1) is 22.3. The fourth-order valence-electron chi connectivity index (χ4n) is 5.12. The molecule has 0 N–H and O–H groups in total. The monoisotopic (exact) mass is 507 g/mol. The van der Waals surface area contributed by atoms with Gasteiger partial charge in [-0.3, -0.25) is 9.48 Å². The number of thioether (sulfide) groups is 1. The van der Waals surface area contributed by atoms with Gasteiger partial charge in [0.25, 0.3) is 5.91 Å². The van der Waals surface area contributed by atoms with Crippen molar-refractivity contribution in [3.05, 3.63) is 95.8 Å². The van der Waals surface area contributed by atoms with Gasteiger partial charge in [-0.15, -0.1) is 11.8 Å². The Morgan fingerprint density at radius 3 is 2.62 bits per heavy atom. The van der Waals surface area contributed by atoms with Gasteiger partial charge >= 0.3 is 0 Å². The third-order valence-corrected chi connectivity index (χ3v) is 8.07. The van der Waals surface area contributed by atoms with Gasteiger partial charge in [0.05, 0.1) is 36.7 Å². The zero-order valence-electron chi connectivity index (χ0n) is 20.2. The van der Waals surface area contributed by atoms with Gasteiger partial charge in [-0.2, -0.15) is 10.2 Å². The summed E-state index contributed by atoms with van der Waals surface area (Å²) in [6.45, 7) is 3.03. The third kappa shape index (κ3) is 4.02. The lowest BCUT2D eigenvalue weighted by Gasteiger charge is -2.26. The number of benzene rings is 3. The van der Waals surface area contributed by atoms with Crippen LogP contribution in [0.3, 0.4) is 0 Å². The normalized spacial score (nSPS) is 15.0. The largest absolute Gasteiger partial charge is 0.378 e.